The van der Waals surface area contributed by atoms with Gasteiger partial charge in [0.05, 0.1) is 0 Å². The molecule has 3 rings (SSSR count). The van der Waals surface area contributed by atoms with Crippen LogP contribution in [0.3, 0.4) is 0 Å². The molecule has 0 atom stereocenters. The molecule has 3 aromatic rings. The van der Waals surface area contributed by atoms with Gasteiger partial charge in [-0.25, -0.2) is 15.0 Å². The Hall–Kier alpha value is -2.46. The molecule has 0 aromatic carbocycles. The summed E-state index contributed by atoms with van der Waals surface area (Å²) in [7, 11) is 0. The van der Waals surface area contributed by atoms with Gasteiger partial charge >= 0.3 is 0 Å². The van der Waals surface area contributed by atoms with E-state index >= 15 is 0 Å². The fourth-order valence-electron chi connectivity index (χ4n) is 1.82. The second-order valence-electron chi connectivity index (χ2n) is 4.72. The lowest BCUT2D eigenvalue weighted by molar-refractivity contribution is 0.102. The summed E-state index contributed by atoms with van der Waals surface area (Å²) in [6.07, 6.45) is 0. The van der Waals surface area contributed by atoms with Gasteiger partial charge in [-0.2, -0.15) is 0 Å². The minimum atomic E-state index is -0.327. The monoisotopic (exact) mass is 347 g/mol. The van der Waals surface area contributed by atoms with Gasteiger partial charge in [-0.1, -0.05) is 11.3 Å². The Morgan fingerprint density at radius 2 is 1.78 bits per heavy atom. The molecule has 23 heavy (non-hydrogen) atoms. The van der Waals surface area contributed by atoms with Crippen LogP contribution in [0.25, 0.3) is 0 Å². The van der Waals surface area contributed by atoms with Gasteiger partial charge in [0.2, 0.25) is 11.1 Å². The van der Waals surface area contributed by atoms with Gasteiger partial charge in [-0.15, -0.1) is 21.5 Å². The number of hydrogen-bond donors (Lipinski definition) is 2. The number of rotatable bonds is 4. The maximum atomic E-state index is 12.1. The van der Waals surface area contributed by atoms with E-state index in [-0.39, 0.29) is 5.91 Å². The Kier molecular flexibility index (Phi) is 4.26. The summed E-state index contributed by atoms with van der Waals surface area (Å²) in [5, 5.41) is 16.8. The summed E-state index contributed by atoms with van der Waals surface area (Å²) in [6.45, 7) is 5.61. The van der Waals surface area contributed by atoms with Crippen LogP contribution in [0.1, 0.15) is 26.9 Å². The second kappa shape index (κ2) is 6.34. The molecular weight excluding hydrogens is 334 g/mol. The van der Waals surface area contributed by atoms with Crippen LogP contribution in [0.5, 0.6) is 0 Å². The van der Waals surface area contributed by atoms with E-state index in [9.17, 15) is 4.79 Å². The van der Waals surface area contributed by atoms with Crippen molar-refractivity contribution >= 4 is 44.8 Å². The normalized spacial score (nSPS) is 10.6. The van der Waals surface area contributed by atoms with E-state index in [2.05, 4.69) is 35.8 Å². The Balaban J connectivity index is 1.71. The van der Waals surface area contributed by atoms with Crippen LogP contribution in [-0.4, -0.2) is 31.1 Å². The average Bonchev–Trinajstić information content (AvgIpc) is 3.07. The number of nitrogens with one attached hydrogen (secondary N) is 2. The molecular formula is C13H13N7OS2. The van der Waals surface area contributed by atoms with Crippen molar-refractivity contribution in [3.63, 3.8) is 0 Å². The number of aromatic nitrogens is 5. The predicted octanol–water partition coefficient (Wildman–Crippen LogP) is 2.71. The smallest absolute Gasteiger partial charge is 0.277 e. The molecule has 0 aliphatic carbocycles. The standard InChI is InChI=1S/C13H13N7OS2/c1-6-4-7(2)15-11(14-6)18-12-16-9(5-22-12)10(21)17-13-20-19-8(3)23-13/h4-5H,1-3H3,(H,17,20,21)(H,14,15,16,18). The molecule has 0 bridgehead atoms. The van der Waals surface area contributed by atoms with E-state index < -0.39 is 0 Å². The molecule has 8 nitrogen and oxygen atoms in total. The van der Waals surface area contributed by atoms with Crippen molar-refractivity contribution in [3.05, 3.63) is 33.5 Å². The fraction of sp³-hybridized carbons (Fsp3) is 0.231. The van der Waals surface area contributed by atoms with E-state index in [0.29, 0.717) is 21.9 Å². The number of hydrogen-bond acceptors (Lipinski definition) is 9. The molecule has 2 N–H and O–H groups in total. The van der Waals surface area contributed by atoms with Gasteiger partial charge in [0.25, 0.3) is 5.91 Å². The van der Waals surface area contributed by atoms with Crippen LogP contribution in [0.4, 0.5) is 16.2 Å². The first-order valence-corrected chi connectivity index (χ1v) is 8.35. The zero-order chi connectivity index (χ0) is 16.4. The van der Waals surface area contributed by atoms with Gasteiger partial charge in [-0.05, 0) is 26.8 Å². The van der Waals surface area contributed by atoms with Crippen molar-refractivity contribution in [3.8, 4) is 0 Å². The molecule has 0 saturated heterocycles. The molecule has 0 aliphatic heterocycles. The maximum absolute atomic E-state index is 12.1. The third-order valence-corrected chi connectivity index (χ3v) is 4.20. The first kappa shape index (κ1) is 15.4. The summed E-state index contributed by atoms with van der Waals surface area (Å²) < 4.78 is 0. The molecule has 0 spiro atoms. The van der Waals surface area contributed by atoms with Gasteiger partial charge in [0, 0.05) is 16.8 Å². The highest BCUT2D eigenvalue weighted by Gasteiger charge is 2.13. The van der Waals surface area contributed by atoms with Gasteiger partial charge < -0.3 is 5.32 Å². The largest absolute Gasteiger partial charge is 0.300 e. The number of anilines is 3. The number of carbonyl (C=O) groups is 1. The van der Waals surface area contributed by atoms with Crippen LogP contribution in [-0.2, 0) is 0 Å². The van der Waals surface area contributed by atoms with Gasteiger partial charge in [0.15, 0.2) is 5.13 Å². The molecule has 3 aromatic heterocycles. The van der Waals surface area contributed by atoms with Crippen LogP contribution >= 0.6 is 22.7 Å². The minimum absolute atomic E-state index is 0.301. The topological polar surface area (TPSA) is 106 Å². The molecule has 1 amide bonds. The van der Waals surface area contributed by atoms with Crippen molar-refractivity contribution in [2.75, 3.05) is 10.6 Å². The van der Waals surface area contributed by atoms with Crippen LogP contribution < -0.4 is 10.6 Å². The average molecular weight is 347 g/mol. The van der Waals surface area contributed by atoms with Gasteiger partial charge in [-0.3, -0.25) is 10.1 Å². The van der Waals surface area contributed by atoms with Crippen molar-refractivity contribution < 1.29 is 4.79 Å². The molecule has 10 heteroatoms. The highest BCUT2D eigenvalue weighted by atomic mass is 32.1. The lowest BCUT2D eigenvalue weighted by Gasteiger charge is -2.03. The Labute approximate surface area is 140 Å². The van der Waals surface area contributed by atoms with E-state index in [0.717, 1.165) is 16.4 Å². The second-order valence-corrected chi connectivity index (χ2v) is 6.76. The predicted molar refractivity (Wildman–Crippen MR) is 89.5 cm³/mol. The summed E-state index contributed by atoms with van der Waals surface area (Å²) >= 11 is 2.61. The molecule has 118 valence electrons. The van der Waals surface area contributed by atoms with Crippen molar-refractivity contribution in [2.24, 2.45) is 0 Å². The van der Waals surface area contributed by atoms with Crippen LogP contribution in [0, 0.1) is 20.8 Å². The lowest BCUT2D eigenvalue weighted by atomic mass is 10.4. The summed E-state index contributed by atoms with van der Waals surface area (Å²) in [4.78, 5) is 24.9. The number of aryl methyl sites for hydroxylation is 3. The quantitative estimate of drug-likeness (QED) is 0.747. The highest BCUT2D eigenvalue weighted by molar-refractivity contribution is 7.15. The first-order chi connectivity index (χ1) is 11.0. The van der Waals surface area contributed by atoms with E-state index in [1.54, 1.807) is 5.38 Å². The first-order valence-electron chi connectivity index (χ1n) is 6.66. The van der Waals surface area contributed by atoms with Crippen LogP contribution in [0.15, 0.2) is 11.4 Å². The number of carbonyl (C=O) groups excluding carboxylic acids is 1. The van der Waals surface area contributed by atoms with Crippen molar-refractivity contribution in [1.82, 2.24) is 25.1 Å². The Morgan fingerprint density at radius 3 is 2.43 bits per heavy atom. The SMILES string of the molecule is Cc1cc(C)nc(Nc2nc(C(=O)Nc3nnc(C)s3)cs2)n1. The van der Waals surface area contributed by atoms with E-state index in [4.69, 9.17) is 0 Å². The van der Waals surface area contributed by atoms with E-state index in [1.165, 1.54) is 22.7 Å². The Bertz CT molecular complexity index is 837. The maximum Gasteiger partial charge on any atom is 0.277 e. The van der Waals surface area contributed by atoms with Crippen LogP contribution in [0.2, 0.25) is 0 Å². The number of nitrogens with zero attached hydrogens (tertiary/aromatic N) is 5. The lowest BCUT2D eigenvalue weighted by Crippen LogP contribution is -2.12. The summed E-state index contributed by atoms with van der Waals surface area (Å²) in [5.74, 6) is 0.135. The van der Waals surface area contributed by atoms with Gasteiger partial charge in [0.1, 0.15) is 10.7 Å². The zero-order valence-electron chi connectivity index (χ0n) is 12.6. The molecule has 3 heterocycles. The molecule has 0 saturated carbocycles. The summed E-state index contributed by atoms with van der Waals surface area (Å²) in [6, 6.07) is 1.88. The van der Waals surface area contributed by atoms with Crippen molar-refractivity contribution in [2.45, 2.75) is 20.8 Å². The Morgan fingerprint density at radius 1 is 1.04 bits per heavy atom. The summed E-state index contributed by atoms with van der Waals surface area (Å²) in [5.41, 5.74) is 2.03. The number of thiazole rings is 1. The molecule has 0 unspecified atom stereocenters. The minimum Gasteiger partial charge on any atom is -0.300 e. The van der Waals surface area contributed by atoms with E-state index in [1.807, 2.05) is 26.8 Å². The highest BCUT2D eigenvalue weighted by Crippen LogP contribution is 2.21. The number of amides is 1. The fourth-order valence-corrected chi connectivity index (χ4v) is 3.09. The molecule has 0 fully saturated rings. The molecule has 0 radical (unpaired) electrons. The molecule has 0 aliphatic rings. The third-order valence-electron chi connectivity index (χ3n) is 2.68. The zero-order valence-corrected chi connectivity index (χ0v) is 14.2. The van der Waals surface area contributed by atoms with Crippen molar-refractivity contribution in [1.29, 1.82) is 0 Å². The third kappa shape index (κ3) is 3.85.